The lowest BCUT2D eigenvalue weighted by Gasteiger charge is -2.17. The van der Waals surface area contributed by atoms with Crippen molar-refractivity contribution in [1.29, 1.82) is 0 Å². The number of hydrogen-bond donors (Lipinski definition) is 2. The number of nitrogens with one attached hydrogen (secondary N) is 1. The van der Waals surface area contributed by atoms with Gasteiger partial charge in [-0.2, -0.15) is 0 Å². The Kier molecular flexibility index (Phi) is 3.22. The molecule has 6 heteroatoms. The summed E-state index contributed by atoms with van der Waals surface area (Å²) in [6, 6.07) is 1.56. The van der Waals surface area contributed by atoms with Gasteiger partial charge in [-0.1, -0.05) is 13.8 Å². The van der Waals surface area contributed by atoms with E-state index in [0.29, 0.717) is 9.90 Å². The lowest BCUT2D eigenvalue weighted by atomic mass is 9.92. The monoisotopic (exact) mass is 274 g/mol. The molecule has 1 atom stereocenters. The second kappa shape index (κ2) is 4.26. The molecule has 1 aromatic heterocycles. The summed E-state index contributed by atoms with van der Waals surface area (Å²) in [4.78, 5) is 0. The highest BCUT2D eigenvalue weighted by Crippen LogP contribution is 2.37. The minimum Gasteiger partial charge on any atom is -0.398 e. The van der Waals surface area contributed by atoms with Crippen molar-refractivity contribution < 1.29 is 8.42 Å². The molecule has 1 aliphatic carbocycles. The maximum atomic E-state index is 12.1. The summed E-state index contributed by atoms with van der Waals surface area (Å²) in [6.07, 6.45) is 2.87. The highest BCUT2D eigenvalue weighted by atomic mass is 32.2. The van der Waals surface area contributed by atoms with Crippen molar-refractivity contribution in [3.63, 3.8) is 0 Å². The zero-order valence-electron chi connectivity index (χ0n) is 10.1. The highest BCUT2D eigenvalue weighted by molar-refractivity contribution is 7.91. The van der Waals surface area contributed by atoms with E-state index in [9.17, 15) is 8.42 Å². The maximum Gasteiger partial charge on any atom is 0.250 e. The molecule has 0 aliphatic heterocycles. The van der Waals surface area contributed by atoms with Crippen LogP contribution in [0.25, 0.3) is 0 Å². The van der Waals surface area contributed by atoms with Gasteiger partial charge in [-0.25, -0.2) is 13.1 Å². The molecule has 1 aromatic rings. The first-order valence-corrected chi connectivity index (χ1v) is 8.01. The van der Waals surface area contributed by atoms with Crippen LogP contribution >= 0.6 is 11.3 Å². The van der Waals surface area contributed by atoms with Crippen molar-refractivity contribution in [3.05, 3.63) is 11.4 Å². The average Bonchev–Trinajstić information content (AvgIpc) is 2.72. The summed E-state index contributed by atoms with van der Waals surface area (Å²) in [5.74, 6) is 0. The second-order valence-electron chi connectivity index (χ2n) is 5.42. The van der Waals surface area contributed by atoms with E-state index in [0.717, 1.165) is 30.6 Å². The van der Waals surface area contributed by atoms with Crippen LogP contribution in [0.4, 0.5) is 5.69 Å². The van der Waals surface area contributed by atoms with Crippen molar-refractivity contribution in [2.45, 2.75) is 43.4 Å². The number of nitrogens with two attached hydrogens (primary N) is 1. The fourth-order valence-electron chi connectivity index (χ4n) is 2.29. The number of nitrogen functional groups attached to an aromatic ring is 1. The third kappa shape index (κ3) is 3.00. The fourth-order valence-corrected chi connectivity index (χ4v) is 4.65. The molecule has 0 saturated heterocycles. The molecule has 0 bridgehead atoms. The summed E-state index contributed by atoms with van der Waals surface area (Å²) in [5, 5.41) is 1.65. The Morgan fingerprint density at radius 2 is 2.24 bits per heavy atom. The van der Waals surface area contributed by atoms with Crippen LogP contribution in [0, 0.1) is 5.41 Å². The zero-order chi connectivity index (χ0) is 12.7. The lowest BCUT2D eigenvalue weighted by Crippen LogP contribution is -2.33. The molecular formula is C11H18N2O2S2. The SMILES string of the molecule is CC1(C)CCC(NS(=O)(=O)c2cc(N)cs2)C1. The quantitative estimate of drug-likeness (QED) is 0.887. The third-order valence-electron chi connectivity index (χ3n) is 3.15. The van der Waals surface area contributed by atoms with Gasteiger partial charge in [0.1, 0.15) is 4.21 Å². The predicted octanol–water partition coefficient (Wildman–Crippen LogP) is 2.19. The standard InChI is InChI=1S/C11H18N2O2S2/c1-11(2)4-3-9(6-11)13-17(14,15)10-5-8(12)7-16-10/h5,7,9,13H,3-4,6,12H2,1-2H3. The summed E-state index contributed by atoms with van der Waals surface area (Å²) in [5.41, 5.74) is 6.28. The van der Waals surface area contributed by atoms with E-state index in [1.165, 1.54) is 6.07 Å². The molecule has 17 heavy (non-hydrogen) atoms. The zero-order valence-corrected chi connectivity index (χ0v) is 11.7. The van der Waals surface area contributed by atoms with Crippen molar-refractivity contribution in [2.75, 3.05) is 5.73 Å². The molecule has 1 fully saturated rings. The Hall–Kier alpha value is -0.590. The van der Waals surface area contributed by atoms with Gasteiger partial charge in [-0.15, -0.1) is 11.3 Å². The van der Waals surface area contributed by atoms with E-state index in [1.54, 1.807) is 5.38 Å². The molecule has 3 N–H and O–H groups in total. The first-order valence-electron chi connectivity index (χ1n) is 5.65. The van der Waals surface area contributed by atoms with Crippen LogP contribution in [0.3, 0.4) is 0 Å². The van der Waals surface area contributed by atoms with Gasteiger partial charge in [0.25, 0.3) is 0 Å². The normalized spacial score (nSPS) is 24.0. The maximum absolute atomic E-state index is 12.1. The van der Waals surface area contributed by atoms with Gasteiger partial charge >= 0.3 is 0 Å². The van der Waals surface area contributed by atoms with Crippen molar-refractivity contribution in [2.24, 2.45) is 5.41 Å². The molecule has 0 aromatic carbocycles. The van der Waals surface area contributed by atoms with E-state index < -0.39 is 10.0 Å². The number of thiophene rings is 1. The minimum atomic E-state index is -3.38. The van der Waals surface area contributed by atoms with Gasteiger partial charge in [0.05, 0.1) is 0 Å². The van der Waals surface area contributed by atoms with E-state index in [-0.39, 0.29) is 11.5 Å². The Balaban J connectivity index is 2.09. The minimum absolute atomic E-state index is 0.0540. The molecule has 0 radical (unpaired) electrons. The molecule has 1 unspecified atom stereocenters. The van der Waals surface area contributed by atoms with Crippen LogP contribution in [0.2, 0.25) is 0 Å². The predicted molar refractivity (Wildman–Crippen MR) is 70.5 cm³/mol. The number of sulfonamides is 1. The molecule has 0 spiro atoms. The van der Waals surface area contributed by atoms with Gasteiger partial charge in [-0.05, 0) is 30.7 Å². The third-order valence-corrected chi connectivity index (χ3v) is 6.13. The van der Waals surface area contributed by atoms with Gasteiger partial charge in [0.2, 0.25) is 10.0 Å². The number of anilines is 1. The van der Waals surface area contributed by atoms with E-state index in [4.69, 9.17) is 5.73 Å². The molecule has 1 saturated carbocycles. The lowest BCUT2D eigenvalue weighted by molar-refractivity contribution is 0.372. The summed E-state index contributed by atoms with van der Waals surface area (Å²) < 4.78 is 27.2. The second-order valence-corrected chi connectivity index (χ2v) is 8.28. The number of rotatable bonds is 3. The average molecular weight is 274 g/mol. The van der Waals surface area contributed by atoms with Crippen LogP contribution in [0.1, 0.15) is 33.1 Å². The highest BCUT2D eigenvalue weighted by Gasteiger charge is 2.33. The molecule has 1 aliphatic rings. The van der Waals surface area contributed by atoms with E-state index in [2.05, 4.69) is 18.6 Å². The van der Waals surface area contributed by atoms with Gasteiger partial charge < -0.3 is 5.73 Å². The Labute approximate surface area is 106 Å². The van der Waals surface area contributed by atoms with Crippen LogP contribution < -0.4 is 10.5 Å². The topological polar surface area (TPSA) is 72.2 Å². The van der Waals surface area contributed by atoms with Crippen LogP contribution in [-0.2, 0) is 10.0 Å². The summed E-state index contributed by atoms with van der Waals surface area (Å²) >= 11 is 1.16. The fraction of sp³-hybridized carbons (Fsp3) is 0.636. The van der Waals surface area contributed by atoms with Crippen molar-refractivity contribution in [3.8, 4) is 0 Å². The first-order chi connectivity index (χ1) is 7.78. The molecule has 96 valence electrons. The molecular weight excluding hydrogens is 256 g/mol. The molecule has 4 nitrogen and oxygen atoms in total. The Morgan fingerprint density at radius 1 is 1.53 bits per heavy atom. The van der Waals surface area contributed by atoms with Crippen LogP contribution in [0.5, 0.6) is 0 Å². The van der Waals surface area contributed by atoms with Crippen LogP contribution in [0.15, 0.2) is 15.7 Å². The first kappa shape index (κ1) is 12.9. The Bertz CT molecular complexity index is 505. The van der Waals surface area contributed by atoms with E-state index in [1.807, 2.05) is 0 Å². The smallest absolute Gasteiger partial charge is 0.250 e. The van der Waals surface area contributed by atoms with Gasteiger partial charge in [0, 0.05) is 17.1 Å². The Morgan fingerprint density at radius 3 is 2.71 bits per heavy atom. The number of hydrogen-bond acceptors (Lipinski definition) is 4. The molecule has 1 heterocycles. The van der Waals surface area contributed by atoms with Crippen LogP contribution in [-0.4, -0.2) is 14.5 Å². The van der Waals surface area contributed by atoms with Crippen molar-refractivity contribution >= 4 is 27.0 Å². The van der Waals surface area contributed by atoms with Gasteiger partial charge in [0.15, 0.2) is 0 Å². The molecule has 0 amide bonds. The van der Waals surface area contributed by atoms with Gasteiger partial charge in [-0.3, -0.25) is 0 Å². The van der Waals surface area contributed by atoms with E-state index >= 15 is 0 Å². The summed E-state index contributed by atoms with van der Waals surface area (Å²) in [6.45, 7) is 4.34. The van der Waals surface area contributed by atoms with Crippen molar-refractivity contribution in [1.82, 2.24) is 4.72 Å². The summed E-state index contributed by atoms with van der Waals surface area (Å²) in [7, 11) is -3.38. The molecule has 2 rings (SSSR count). The largest absolute Gasteiger partial charge is 0.398 e.